The number of carboxylic acid groups (broad SMARTS) is 1. The van der Waals surface area contributed by atoms with Gasteiger partial charge in [-0.15, -0.1) is 0 Å². The zero-order chi connectivity index (χ0) is 15.2. The molecule has 0 amide bonds. The fraction of sp³-hybridized carbons (Fsp3) is 0.833. The molecule has 2 N–H and O–H groups in total. The molecule has 0 aromatic carbocycles. The van der Waals surface area contributed by atoms with Crippen LogP contribution in [0.5, 0.6) is 0 Å². The van der Waals surface area contributed by atoms with E-state index in [9.17, 15) is 23.1 Å². The number of hydrogen-bond donors (Lipinski definition) is 2. The van der Waals surface area contributed by atoms with E-state index in [1.165, 1.54) is 0 Å². The normalized spacial score (nSPS) is 18.4. The van der Waals surface area contributed by atoms with Crippen LogP contribution in [0.4, 0.5) is 0 Å². The largest absolute Gasteiger partial charge is 0.481 e. The Morgan fingerprint density at radius 1 is 1.25 bits per heavy atom. The van der Waals surface area contributed by atoms with Crippen molar-refractivity contribution < 1.29 is 27.9 Å². The minimum atomic E-state index is -3.86. The molecule has 0 bridgehead atoms. The number of nitrogens with one attached hydrogen (secondary N) is 1. The van der Waals surface area contributed by atoms with Gasteiger partial charge in [-0.2, -0.15) is 0 Å². The highest BCUT2D eigenvalue weighted by Gasteiger charge is 2.40. The first-order valence-electron chi connectivity index (χ1n) is 6.68. The van der Waals surface area contributed by atoms with Crippen molar-refractivity contribution in [2.75, 3.05) is 18.9 Å². The molecule has 0 atom stereocenters. The predicted octanol–water partition coefficient (Wildman–Crippen LogP) is 0.504. The Labute approximate surface area is 118 Å². The molecule has 1 rings (SSSR count). The van der Waals surface area contributed by atoms with Gasteiger partial charge < -0.3 is 9.84 Å². The van der Waals surface area contributed by atoms with Crippen molar-refractivity contribution in [3.05, 3.63) is 0 Å². The van der Waals surface area contributed by atoms with Gasteiger partial charge in [-0.1, -0.05) is 19.3 Å². The Morgan fingerprint density at radius 2 is 1.85 bits per heavy atom. The molecule has 1 aliphatic carbocycles. The lowest BCUT2D eigenvalue weighted by Crippen LogP contribution is -2.45. The molecule has 0 aliphatic heterocycles. The van der Waals surface area contributed by atoms with Crippen molar-refractivity contribution in [3.8, 4) is 0 Å². The van der Waals surface area contributed by atoms with Crippen LogP contribution in [0.1, 0.15) is 39.0 Å². The summed E-state index contributed by atoms with van der Waals surface area (Å²) in [6.45, 7) is 1.51. The molecule has 0 aromatic heterocycles. The summed E-state index contributed by atoms with van der Waals surface area (Å²) in [4.78, 5) is 22.6. The van der Waals surface area contributed by atoms with Crippen LogP contribution in [0.25, 0.3) is 0 Å². The first-order chi connectivity index (χ1) is 9.31. The van der Waals surface area contributed by atoms with Gasteiger partial charge in [0.2, 0.25) is 10.0 Å². The second kappa shape index (κ2) is 7.03. The van der Waals surface area contributed by atoms with E-state index in [4.69, 9.17) is 0 Å². The molecule has 0 saturated heterocycles. The fourth-order valence-corrected chi connectivity index (χ4v) is 3.34. The van der Waals surface area contributed by atoms with Gasteiger partial charge in [-0.05, 0) is 19.8 Å². The molecule has 0 aromatic rings. The van der Waals surface area contributed by atoms with Gasteiger partial charge in [-0.3, -0.25) is 9.59 Å². The number of aliphatic carboxylic acids is 1. The van der Waals surface area contributed by atoms with Crippen LogP contribution >= 0.6 is 0 Å². The number of sulfonamides is 1. The van der Waals surface area contributed by atoms with Crippen LogP contribution in [0, 0.1) is 5.41 Å². The number of carbonyl (C=O) groups is 2. The van der Waals surface area contributed by atoms with Crippen LogP contribution in [0.15, 0.2) is 0 Å². The molecule has 8 heteroatoms. The molecular weight excluding hydrogens is 286 g/mol. The average molecular weight is 307 g/mol. The third kappa shape index (κ3) is 4.75. The highest BCUT2D eigenvalue weighted by Crippen LogP contribution is 2.36. The predicted molar refractivity (Wildman–Crippen MR) is 71.6 cm³/mol. The standard InChI is InChI=1S/C12H21NO6S/c1-2-19-10(14)8-20(17,18)13-9-12(11(15)16)6-4-3-5-7-12/h13H,2-9H2,1H3,(H,15,16). The number of hydrogen-bond acceptors (Lipinski definition) is 5. The maximum atomic E-state index is 11.7. The molecule has 1 saturated carbocycles. The minimum absolute atomic E-state index is 0.105. The summed E-state index contributed by atoms with van der Waals surface area (Å²) >= 11 is 0. The first-order valence-corrected chi connectivity index (χ1v) is 8.33. The van der Waals surface area contributed by atoms with Crippen molar-refractivity contribution in [3.63, 3.8) is 0 Å². The third-order valence-corrected chi connectivity index (χ3v) is 4.71. The second-order valence-electron chi connectivity index (χ2n) is 5.03. The number of rotatable bonds is 7. The zero-order valence-electron chi connectivity index (χ0n) is 11.6. The maximum Gasteiger partial charge on any atom is 0.322 e. The molecule has 0 unspecified atom stereocenters. The highest BCUT2D eigenvalue weighted by molar-refractivity contribution is 7.90. The summed E-state index contributed by atoms with van der Waals surface area (Å²) in [6.07, 6.45) is 3.40. The van der Waals surface area contributed by atoms with Crippen LogP contribution in [-0.4, -0.2) is 44.4 Å². The summed E-state index contributed by atoms with van der Waals surface area (Å²) in [6, 6.07) is 0. The van der Waals surface area contributed by atoms with Gasteiger partial charge in [0.1, 0.15) is 0 Å². The summed E-state index contributed by atoms with van der Waals surface area (Å²) in [5, 5.41) is 9.33. The van der Waals surface area contributed by atoms with Gasteiger partial charge in [0.25, 0.3) is 0 Å². The van der Waals surface area contributed by atoms with E-state index in [0.717, 1.165) is 19.3 Å². The average Bonchev–Trinajstić information content (AvgIpc) is 2.37. The fourth-order valence-electron chi connectivity index (χ4n) is 2.35. The van der Waals surface area contributed by atoms with E-state index >= 15 is 0 Å². The molecule has 116 valence electrons. The Kier molecular flexibility index (Phi) is 5.94. The van der Waals surface area contributed by atoms with E-state index in [1.54, 1.807) is 6.92 Å². The van der Waals surface area contributed by atoms with E-state index in [2.05, 4.69) is 9.46 Å². The van der Waals surface area contributed by atoms with E-state index in [-0.39, 0.29) is 13.2 Å². The third-order valence-electron chi connectivity index (χ3n) is 3.51. The Hall–Kier alpha value is -1.15. The lowest BCUT2D eigenvalue weighted by molar-refractivity contribution is -0.150. The highest BCUT2D eigenvalue weighted by atomic mass is 32.2. The van der Waals surface area contributed by atoms with Gasteiger partial charge >= 0.3 is 11.9 Å². The lowest BCUT2D eigenvalue weighted by Gasteiger charge is -2.33. The SMILES string of the molecule is CCOC(=O)CS(=O)(=O)NCC1(C(=O)O)CCCCC1. The molecular formula is C12H21NO6S. The van der Waals surface area contributed by atoms with E-state index in [0.29, 0.717) is 12.8 Å². The number of esters is 1. The minimum Gasteiger partial charge on any atom is -0.481 e. The zero-order valence-corrected chi connectivity index (χ0v) is 12.4. The summed E-state index contributed by atoms with van der Waals surface area (Å²) in [7, 11) is -3.86. The molecule has 20 heavy (non-hydrogen) atoms. The van der Waals surface area contributed by atoms with Gasteiger partial charge in [0.15, 0.2) is 5.75 Å². The van der Waals surface area contributed by atoms with Crippen LogP contribution in [0.2, 0.25) is 0 Å². The molecule has 0 heterocycles. The van der Waals surface area contributed by atoms with Crippen molar-refractivity contribution in [2.45, 2.75) is 39.0 Å². The van der Waals surface area contributed by atoms with Crippen LogP contribution < -0.4 is 4.72 Å². The molecule has 0 spiro atoms. The quantitative estimate of drug-likeness (QED) is 0.663. The van der Waals surface area contributed by atoms with E-state index in [1.807, 2.05) is 0 Å². The van der Waals surface area contributed by atoms with Gasteiger partial charge in [-0.25, -0.2) is 13.1 Å². The van der Waals surface area contributed by atoms with E-state index < -0.39 is 33.1 Å². The smallest absolute Gasteiger partial charge is 0.322 e. The van der Waals surface area contributed by atoms with Crippen molar-refractivity contribution in [1.82, 2.24) is 4.72 Å². The maximum absolute atomic E-state index is 11.7. The summed E-state index contributed by atoms with van der Waals surface area (Å²) in [5.74, 6) is -2.61. The van der Waals surface area contributed by atoms with Gasteiger partial charge in [0.05, 0.1) is 12.0 Å². The summed E-state index contributed by atoms with van der Waals surface area (Å²) < 4.78 is 30.2. The topological polar surface area (TPSA) is 110 Å². The lowest BCUT2D eigenvalue weighted by atomic mass is 9.74. The summed E-state index contributed by atoms with van der Waals surface area (Å²) in [5.41, 5.74) is -1.06. The number of carbonyl (C=O) groups excluding carboxylic acids is 1. The first kappa shape index (κ1) is 16.9. The Bertz CT molecular complexity index is 453. The number of ether oxygens (including phenoxy) is 1. The molecule has 7 nitrogen and oxygen atoms in total. The van der Waals surface area contributed by atoms with Crippen molar-refractivity contribution >= 4 is 22.0 Å². The van der Waals surface area contributed by atoms with Crippen LogP contribution in [0.3, 0.4) is 0 Å². The monoisotopic (exact) mass is 307 g/mol. The molecule has 1 aliphatic rings. The molecule has 0 radical (unpaired) electrons. The Balaban J connectivity index is 2.63. The van der Waals surface area contributed by atoms with Crippen LogP contribution in [-0.2, 0) is 24.3 Å². The Morgan fingerprint density at radius 3 is 2.35 bits per heavy atom. The second-order valence-corrected chi connectivity index (χ2v) is 6.84. The number of carboxylic acids is 1. The van der Waals surface area contributed by atoms with Crippen molar-refractivity contribution in [1.29, 1.82) is 0 Å². The van der Waals surface area contributed by atoms with Crippen molar-refractivity contribution in [2.24, 2.45) is 5.41 Å². The van der Waals surface area contributed by atoms with Gasteiger partial charge in [0, 0.05) is 6.54 Å². The molecule has 1 fully saturated rings.